The zero-order chi connectivity index (χ0) is 34.2. The summed E-state index contributed by atoms with van der Waals surface area (Å²) in [4.78, 5) is 0. The van der Waals surface area contributed by atoms with Crippen molar-refractivity contribution in [3.63, 3.8) is 0 Å². The lowest BCUT2D eigenvalue weighted by molar-refractivity contribution is -0.933. The van der Waals surface area contributed by atoms with Crippen LogP contribution in [0.2, 0.25) is 0 Å². The summed E-state index contributed by atoms with van der Waals surface area (Å²) in [5.74, 6) is 0. The maximum absolute atomic E-state index is 2.46. The van der Waals surface area contributed by atoms with Crippen molar-refractivity contribution in [3.8, 4) is 0 Å². The molecule has 0 bridgehead atoms. The summed E-state index contributed by atoms with van der Waals surface area (Å²) in [5.41, 5.74) is 1.79. The van der Waals surface area contributed by atoms with Crippen molar-refractivity contribution in [2.75, 3.05) is 21.1 Å². The Labute approximate surface area is 297 Å². The molecule has 0 N–H and O–H groups in total. The lowest BCUT2D eigenvalue weighted by Crippen LogP contribution is -2.54. The van der Waals surface area contributed by atoms with Crippen molar-refractivity contribution >= 4 is 0 Å². The van der Waals surface area contributed by atoms with Gasteiger partial charge >= 0.3 is 0 Å². The molecule has 0 aromatic heterocycles. The number of hydrogen-bond donors (Lipinski definition) is 0. The van der Waals surface area contributed by atoms with Gasteiger partial charge in [-0.1, -0.05) is 184 Å². The quantitative estimate of drug-likeness (QED) is 0.0395. The molecule has 272 valence electrons. The predicted octanol–water partition coefficient (Wildman–Crippen LogP) is 15.4. The summed E-state index contributed by atoms with van der Waals surface area (Å²) >= 11 is 0. The highest BCUT2D eigenvalue weighted by atomic mass is 15.3. The number of allylic oxidation sites excluding steroid dienone is 4. The zero-order valence-electron chi connectivity index (χ0n) is 32.9. The number of unbranched alkanes of at least 4 members (excludes halogenated alkanes) is 24. The van der Waals surface area contributed by atoms with E-state index in [2.05, 4.69) is 89.6 Å². The molecule has 0 unspecified atom stereocenters. The molecule has 1 aromatic rings. The van der Waals surface area contributed by atoms with Crippen LogP contribution < -0.4 is 0 Å². The van der Waals surface area contributed by atoms with E-state index in [0.29, 0.717) is 0 Å². The van der Waals surface area contributed by atoms with Crippen molar-refractivity contribution in [2.45, 2.75) is 212 Å². The normalized spacial score (nSPS) is 13.6. The van der Waals surface area contributed by atoms with Crippen LogP contribution in [0.15, 0.2) is 54.6 Å². The van der Waals surface area contributed by atoms with E-state index in [4.69, 9.17) is 0 Å². The molecule has 0 aliphatic carbocycles. The first-order chi connectivity index (χ1) is 23.0. The van der Waals surface area contributed by atoms with Gasteiger partial charge in [0, 0.05) is 18.4 Å². The lowest BCUT2D eigenvalue weighted by atomic mass is 9.77. The van der Waals surface area contributed by atoms with Crippen LogP contribution in [0.4, 0.5) is 0 Å². The van der Waals surface area contributed by atoms with Gasteiger partial charge in [0.05, 0.1) is 21.1 Å². The highest BCUT2D eigenvalue weighted by Crippen LogP contribution is 2.41. The van der Waals surface area contributed by atoms with Gasteiger partial charge in [-0.3, -0.25) is 0 Å². The summed E-state index contributed by atoms with van der Waals surface area (Å²) in [6.07, 6.45) is 51.1. The monoisotopic (exact) mass is 651 g/mol. The highest BCUT2D eigenvalue weighted by molar-refractivity contribution is 5.22. The molecule has 0 heterocycles. The first kappa shape index (κ1) is 43.7. The summed E-state index contributed by atoms with van der Waals surface area (Å²) in [7, 11) is 7.35. The largest absolute Gasteiger partial charge is 0.322 e. The van der Waals surface area contributed by atoms with Gasteiger partial charge < -0.3 is 4.48 Å². The van der Waals surface area contributed by atoms with Gasteiger partial charge in [0.1, 0.15) is 5.54 Å². The molecule has 0 amide bonds. The van der Waals surface area contributed by atoms with Crippen molar-refractivity contribution in [1.29, 1.82) is 0 Å². The van der Waals surface area contributed by atoms with E-state index in [1.807, 2.05) is 0 Å². The van der Waals surface area contributed by atoms with Gasteiger partial charge in [-0.15, -0.1) is 0 Å². The van der Waals surface area contributed by atoms with E-state index in [1.54, 1.807) is 5.56 Å². The number of benzene rings is 1. The third kappa shape index (κ3) is 22.8. The Hall–Kier alpha value is -1.34. The average Bonchev–Trinajstić information content (AvgIpc) is 3.06. The van der Waals surface area contributed by atoms with Gasteiger partial charge in [0.25, 0.3) is 0 Å². The second kappa shape index (κ2) is 30.7. The third-order valence-electron chi connectivity index (χ3n) is 10.8. The van der Waals surface area contributed by atoms with Crippen LogP contribution in [0.5, 0.6) is 0 Å². The van der Waals surface area contributed by atoms with Crippen LogP contribution in [0.25, 0.3) is 0 Å². The van der Waals surface area contributed by atoms with E-state index >= 15 is 0 Å². The fraction of sp³-hybridized carbons (Fsp3) is 0.783. The third-order valence-corrected chi connectivity index (χ3v) is 10.8. The molecule has 0 fully saturated rings. The second-order valence-electron chi connectivity index (χ2n) is 15.8. The molecule has 47 heavy (non-hydrogen) atoms. The van der Waals surface area contributed by atoms with Gasteiger partial charge in [-0.25, -0.2) is 0 Å². The minimum absolute atomic E-state index is 0.225. The maximum atomic E-state index is 2.46. The fourth-order valence-corrected chi connectivity index (χ4v) is 7.55. The van der Waals surface area contributed by atoms with Gasteiger partial charge in [-0.05, 0) is 64.2 Å². The smallest absolute Gasteiger partial charge is 0.124 e. The zero-order valence-corrected chi connectivity index (χ0v) is 32.9. The van der Waals surface area contributed by atoms with Gasteiger partial charge in [0.15, 0.2) is 0 Å². The molecule has 1 nitrogen and oxygen atoms in total. The Balaban J connectivity index is 2.29. The van der Waals surface area contributed by atoms with Crippen LogP contribution in [-0.2, 0) is 5.54 Å². The summed E-state index contributed by atoms with van der Waals surface area (Å²) in [6.45, 7) is 4.60. The Kier molecular flexibility index (Phi) is 28.5. The molecular formula is C46H84N+. The van der Waals surface area contributed by atoms with E-state index in [-0.39, 0.29) is 5.54 Å². The summed E-state index contributed by atoms with van der Waals surface area (Å²) < 4.78 is 1.03. The van der Waals surface area contributed by atoms with E-state index in [1.165, 1.54) is 193 Å². The maximum Gasteiger partial charge on any atom is 0.124 e. The Morgan fingerprint density at radius 2 is 0.702 bits per heavy atom. The van der Waals surface area contributed by atoms with Crippen LogP contribution in [0.3, 0.4) is 0 Å². The molecule has 1 heteroatoms. The topological polar surface area (TPSA) is 0 Å². The Morgan fingerprint density at radius 1 is 0.404 bits per heavy atom. The average molecular weight is 651 g/mol. The van der Waals surface area contributed by atoms with Gasteiger partial charge in [0.2, 0.25) is 0 Å². The molecule has 0 aliphatic rings. The van der Waals surface area contributed by atoms with E-state index in [9.17, 15) is 0 Å². The molecule has 0 radical (unpaired) electrons. The van der Waals surface area contributed by atoms with Crippen molar-refractivity contribution in [3.05, 3.63) is 60.2 Å². The van der Waals surface area contributed by atoms with Crippen LogP contribution in [-0.4, -0.2) is 25.6 Å². The molecular weight excluding hydrogens is 567 g/mol. The molecule has 0 atom stereocenters. The van der Waals surface area contributed by atoms with E-state index in [0.717, 1.165) is 4.48 Å². The first-order valence-corrected chi connectivity index (χ1v) is 21.1. The van der Waals surface area contributed by atoms with Crippen LogP contribution in [0.1, 0.15) is 212 Å². The fourth-order valence-electron chi connectivity index (χ4n) is 7.55. The second-order valence-corrected chi connectivity index (χ2v) is 15.8. The summed E-state index contributed by atoms with van der Waals surface area (Å²) in [5, 5.41) is 0. The summed E-state index contributed by atoms with van der Waals surface area (Å²) in [6, 6.07) is 11.6. The Morgan fingerprint density at radius 3 is 1.02 bits per heavy atom. The lowest BCUT2D eigenvalue weighted by Gasteiger charge is -2.47. The van der Waals surface area contributed by atoms with Gasteiger partial charge in [-0.2, -0.15) is 0 Å². The van der Waals surface area contributed by atoms with Crippen LogP contribution >= 0.6 is 0 Å². The minimum Gasteiger partial charge on any atom is -0.322 e. The molecule has 1 rings (SSSR count). The van der Waals surface area contributed by atoms with Crippen LogP contribution in [0, 0.1) is 0 Å². The molecule has 0 saturated carbocycles. The minimum atomic E-state index is 0.225. The molecule has 0 aliphatic heterocycles. The molecule has 1 aromatic carbocycles. The van der Waals surface area contributed by atoms with Crippen molar-refractivity contribution < 1.29 is 4.48 Å². The van der Waals surface area contributed by atoms with Crippen molar-refractivity contribution in [2.24, 2.45) is 0 Å². The van der Waals surface area contributed by atoms with E-state index < -0.39 is 0 Å². The first-order valence-electron chi connectivity index (χ1n) is 21.1. The SMILES string of the molecule is CCCCCCCCC=CCCCCCCCCC(CCCCCCCCC=CCCCCCCCC)(c1ccccc1)[N+](C)(C)C. The number of hydrogen-bond acceptors (Lipinski definition) is 0. The van der Waals surface area contributed by atoms with Crippen molar-refractivity contribution in [1.82, 2.24) is 0 Å². The standard InChI is InChI=1S/C46H84N/c1-6-8-10-12-14-16-18-20-22-24-26-28-30-32-34-39-43-46(47(3,4)5,45-41-37-36-38-42-45)44-40-35-33-31-29-27-25-23-21-19-17-15-13-11-9-7-2/h20-23,36-38,41-42H,6-19,24-35,39-40,43-44H2,1-5H3/q+1. The highest BCUT2D eigenvalue weighted by Gasteiger charge is 2.43. The Bertz CT molecular complexity index is 786. The number of nitrogens with zero attached hydrogens (tertiary/aromatic N) is 1. The molecule has 0 saturated heterocycles. The number of quaternary nitrogens is 1. The number of rotatable bonds is 34. The predicted molar refractivity (Wildman–Crippen MR) is 214 cm³/mol. The molecule has 0 spiro atoms.